The Bertz CT molecular complexity index is 536. The fourth-order valence-corrected chi connectivity index (χ4v) is 9.12. The highest BCUT2D eigenvalue weighted by molar-refractivity contribution is 6.81. The zero-order chi connectivity index (χ0) is 15.5. The first kappa shape index (κ1) is 15.5. The average Bonchev–Trinajstić information content (AvgIpc) is 2.53. The predicted molar refractivity (Wildman–Crippen MR) is 98.9 cm³/mol. The van der Waals surface area contributed by atoms with Crippen LogP contribution >= 0.6 is 0 Å². The van der Waals surface area contributed by atoms with Crippen LogP contribution in [-0.4, -0.2) is 8.07 Å². The minimum Gasteiger partial charge on any atom is -0.0685 e. The molecule has 1 aliphatic heterocycles. The second-order valence-electron chi connectivity index (χ2n) is 7.65. The Morgan fingerprint density at radius 3 is 2.09 bits per heavy atom. The number of benzene rings is 2. The first-order valence-corrected chi connectivity index (χ1v) is 11.6. The molecule has 0 aromatic heterocycles. The van der Waals surface area contributed by atoms with E-state index in [1.54, 1.807) is 5.56 Å². The van der Waals surface area contributed by atoms with Crippen molar-refractivity contribution in [2.24, 2.45) is 0 Å². The molecule has 0 nitrogen and oxygen atoms in total. The van der Waals surface area contributed by atoms with Crippen LogP contribution < -0.4 is 0 Å². The second-order valence-corrected chi connectivity index (χ2v) is 12.8. The van der Waals surface area contributed by atoms with Crippen LogP contribution in [-0.2, 0) is 12.5 Å². The van der Waals surface area contributed by atoms with Crippen LogP contribution in [0.15, 0.2) is 60.7 Å². The minimum atomic E-state index is -1.31. The molecular weight excluding hydrogens is 280 g/mol. The lowest BCUT2D eigenvalue weighted by molar-refractivity contribution is 0.466. The summed E-state index contributed by atoms with van der Waals surface area (Å²) in [6.45, 7) is 5.26. The Kier molecular flexibility index (Phi) is 4.53. The average molecular weight is 309 g/mol. The largest absolute Gasteiger partial charge is 0.0685 e. The summed E-state index contributed by atoms with van der Waals surface area (Å²) in [6, 6.07) is 25.2. The van der Waals surface area contributed by atoms with Crippen molar-refractivity contribution in [1.82, 2.24) is 0 Å². The van der Waals surface area contributed by atoms with E-state index < -0.39 is 8.07 Å². The van der Waals surface area contributed by atoms with Crippen molar-refractivity contribution in [3.63, 3.8) is 0 Å². The molecular formula is C21H28Si. The molecule has 1 saturated heterocycles. The van der Waals surface area contributed by atoms with Crippen molar-refractivity contribution in [1.29, 1.82) is 0 Å². The van der Waals surface area contributed by atoms with E-state index in [9.17, 15) is 0 Å². The van der Waals surface area contributed by atoms with Gasteiger partial charge in [0, 0.05) is 0 Å². The molecule has 2 aromatic carbocycles. The van der Waals surface area contributed by atoms with Gasteiger partial charge in [-0.1, -0.05) is 98.6 Å². The van der Waals surface area contributed by atoms with Gasteiger partial charge in [-0.2, -0.15) is 0 Å². The Balaban J connectivity index is 1.86. The molecule has 2 atom stereocenters. The third-order valence-corrected chi connectivity index (χ3v) is 12.0. The van der Waals surface area contributed by atoms with Crippen molar-refractivity contribution in [2.75, 3.05) is 0 Å². The number of rotatable bonds is 4. The summed E-state index contributed by atoms with van der Waals surface area (Å²) in [4.78, 5) is 0. The summed E-state index contributed by atoms with van der Waals surface area (Å²) in [5.41, 5.74) is 3.08. The third-order valence-electron chi connectivity index (χ3n) is 6.04. The summed E-state index contributed by atoms with van der Waals surface area (Å²) in [5, 5.41) is 0.530. The van der Waals surface area contributed by atoms with Gasteiger partial charge in [-0.05, 0) is 29.5 Å². The molecule has 0 radical (unpaired) electrons. The Morgan fingerprint density at radius 2 is 1.45 bits per heavy atom. The van der Waals surface area contributed by atoms with Crippen LogP contribution in [0.4, 0.5) is 0 Å². The molecule has 116 valence electrons. The summed E-state index contributed by atoms with van der Waals surface area (Å²) < 4.78 is 0. The maximum absolute atomic E-state index is 2.67. The SMILES string of the molecule is CC1(Cc2ccccc2)CCCC[Si]1(C)Cc1ccccc1. The van der Waals surface area contributed by atoms with Gasteiger partial charge in [0.25, 0.3) is 0 Å². The summed E-state index contributed by atoms with van der Waals surface area (Å²) >= 11 is 0. The summed E-state index contributed by atoms with van der Waals surface area (Å²) in [5.74, 6) is 0. The summed E-state index contributed by atoms with van der Waals surface area (Å²) in [6.07, 6.45) is 5.54. The van der Waals surface area contributed by atoms with Gasteiger partial charge in [-0.15, -0.1) is 0 Å². The molecule has 0 N–H and O–H groups in total. The van der Waals surface area contributed by atoms with Crippen LogP contribution in [0.5, 0.6) is 0 Å². The molecule has 0 bridgehead atoms. The van der Waals surface area contributed by atoms with Crippen LogP contribution in [0.2, 0.25) is 17.6 Å². The van der Waals surface area contributed by atoms with E-state index in [1.165, 1.54) is 43.3 Å². The molecule has 0 aliphatic carbocycles. The summed E-state index contributed by atoms with van der Waals surface area (Å²) in [7, 11) is -1.31. The molecule has 0 spiro atoms. The number of hydrogen-bond donors (Lipinski definition) is 0. The van der Waals surface area contributed by atoms with Gasteiger partial charge in [0.05, 0.1) is 8.07 Å². The fraction of sp³-hybridized carbons (Fsp3) is 0.429. The van der Waals surface area contributed by atoms with E-state index in [0.29, 0.717) is 5.04 Å². The van der Waals surface area contributed by atoms with Crippen LogP contribution in [0.1, 0.15) is 37.3 Å². The molecule has 1 heterocycles. The van der Waals surface area contributed by atoms with E-state index in [1.807, 2.05) is 0 Å². The Hall–Kier alpha value is -1.34. The second kappa shape index (κ2) is 6.42. The van der Waals surface area contributed by atoms with Gasteiger partial charge in [0.15, 0.2) is 0 Å². The molecule has 1 fully saturated rings. The van der Waals surface area contributed by atoms with Gasteiger partial charge in [0.1, 0.15) is 0 Å². The van der Waals surface area contributed by atoms with Gasteiger partial charge in [-0.25, -0.2) is 0 Å². The Morgan fingerprint density at radius 1 is 0.864 bits per heavy atom. The maximum atomic E-state index is 2.67. The predicted octanol–water partition coefficient (Wildman–Crippen LogP) is 6.03. The van der Waals surface area contributed by atoms with Crippen molar-refractivity contribution in [3.05, 3.63) is 71.8 Å². The lowest BCUT2D eigenvalue weighted by Crippen LogP contribution is -2.49. The molecule has 0 amide bonds. The van der Waals surface area contributed by atoms with E-state index in [-0.39, 0.29) is 0 Å². The van der Waals surface area contributed by atoms with Crippen LogP contribution in [0, 0.1) is 0 Å². The van der Waals surface area contributed by atoms with E-state index in [4.69, 9.17) is 0 Å². The minimum absolute atomic E-state index is 0.530. The molecule has 2 unspecified atom stereocenters. The highest BCUT2D eigenvalue weighted by Gasteiger charge is 2.47. The lowest BCUT2D eigenvalue weighted by atomic mass is 9.94. The fourth-order valence-electron chi connectivity index (χ4n) is 4.33. The molecule has 0 saturated carbocycles. The monoisotopic (exact) mass is 308 g/mol. The smallest absolute Gasteiger partial charge is 0.0611 e. The molecule has 1 heteroatoms. The normalized spacial score (nSPS) is 28.5. The standard InChI is InChI=1S/C21H28Si/c1-21(17-19-11-5-3-6-12-19)15-9-10-16-22(21,2)18-20-13-7-4-8-14-20/h3-8,11-14H,9-10,15-18H2,1-2H3. The van der Waals surface area contributed by atoms with Crippen molar-refractivity contribution in [3.8, 4) is 0 Å². The molecule has 3 rings (SSSR count). The highest BCUT2D eigenvalue weighted by Crippen LogP contribution is 2.52. The zero-order valence-corrected chi connectivity index (χ0v) is 15.0. The molecule has 1 aliphatic rings. The quantitative estimate of drug-likeness (QED) is 0.605. The van der Waals surface area contributed by atoms with Gasteiger partial charge in [-0.3, -0.25) is 0 Å². The lowest BCUT2D eigenvalue weighted by Gasteiger charge is -2.49. The Labute approximate surface area is 136 Å². The van der Waals surface area contributed by atoms with E-state index in [2.05, 4.69) is 74.1 Å². The first-order valence-electron chi connectivity index (χ1n) is 8.69. The van der Waals surface area contributed by atoms with Gasteiger partial charge in [0.2, 0.25) is 0 Å². The van der Waals surface area contributed by atoms with Crippen molar-refractivity contribution in [2.45, 2.75) is 56.3 Å². The number of hydrogen-bond acceptors (Lipinski definition) is 0. The topological polar surface area (TPSA) is 0 Å². The highest BCUT2D eigenvalue weighted by atomic mass is 28.3. The first-order chi connectivity index (χ1) is 10.6. The van der Waals surface area contributed by atoms with Gasteiger partial charge < -0.3 is 0 Å². The van der Waals surface area contributed by atoms with Crippen LogP contribution in [0.3, 0.4) is 0 Å². The van der Waals surface area contributed by atoms with E-state index in [0.717, 1.165) is 0 Å². The van der Waals surface area contributed by atoms with Crippen molar-refractivity contribution >= 4 is 8.07 Å². The van der Waals surface area contributed by atoms with Crippen molar-refractivity contribution < 1.29 is 0 Å². The zero-order valence-electron chi connectivity index (χ0n) is 14.0. The maximum Gasteiger partial charge on any atom is 0.0611 e. The van der Waals surface area contributed by atoms with E-state index >= 15 is 0 Å². The molecule has 22 heavy (non-hydrogen) atoms. The molecule has 2 aromatic rings. The van der Waals surface area contributed by atoms with Crippen LogP contribution in [0.25, 0.3) is 0 Å². The third kappa shape index (κ3) is 3.20. The van der Waals surface area contributed by atoms with Gasteiger partial charge >= 0.3 is 0 Å².